The van der Waals surface area contributed by atoms with Gasteiger partial charge < -0.3 is 14.9 Å². The second kappa shape index (κ2) is 6.52. The Labute approximate surface area is 130 Å². The fourth-order valence-corrected chi connectivity index (χ4v) is 2.33. The van der Waals surface area contributed by atoms with Crippen molar-refractivity contribution in [1.82, 2.24) is 0 Å². The minimum absolute atomic E-state index is 0.0513. The summed E-state index contributed by atoms with van der Waals surface area (Å²) >= 11 is 0. The van der Waals surface area contributed by atoms with Crippen LogP contribution < -0.4 is 4.74 Å². The van der Waals surface area contributed by atoms with Crippen molar-refractivity contribution in [2.24, 2.45) is 0 Å². The molecule has 2 rings (SSSR count). The van der Waals surface area contributed by atoms with Crippen molar-refractivity contribution < 1.29 is 19.7 Å². The maximum absolute atomic E-state index is 12.3. The molecule has 2 aromatic carbocycles. The maximum Gasteiger partial charge on any atom is 0.170 e. The van der Waals surface area contributed by atoms with Crippen LogP contribution >= 0.6 is 0 Å². The molecular weight excluding hydrogens is 280 g/mol. The summed E-state index contributed by atoms with van der Waals surface area (Å²) in [5, 5.41) is 19.8. The first-order chi connectivity index (χ1) is 10.4. The second-order valence-corrected chi connectivity index (χ2v) is 5.38. The van der Waals surface area contributed by atoms with E-state index in [9.17, 15) is 15.0 Å². The molecule has 0 aliphatic carbocycles. The minimum atomic E-state index is -0.295. The van der Waals surface area contributed by atoms with Crippen molar-refractivity contribution in [3.63, 3.8) is 0 Å². The highest BCUT2D eigenvalue weighted by molar-refractivity contribution is 6.01. The largest absolute Gasteiger partial charge is 0.507 e. The molecule has 116 valence electrons. The zero-order valence-electron chi connectivity index (χ0n) is 13.0. The summed E-state index contributed by atoms with van der Waals surface area (Å²) in [6.45, 7) is 4.07. The van der Waals surface area contributed by atoms with E-state index in [0.717, 1.165) is 5.56 Å². The number of rotatable bonds is 5. The number of methoxy groups -OCH3 is 1. The first-order valence-corrected chi connectivity index (χ1v) is 7.11. The molecule has 0 heterocycles. The molecule has 0 amide bonds. The van der Waals surface area contributed by atoms with Crippen LogP contribution in [0.15, 0.2) is 30.3 Å². The molecule has 4 heteroatoms. The molecule has 0 aliphatic rings. The van der Waals surface area contributed by atoms with Crippen molar-refractivity contribution in [2.75, 3.05) is 7.11 Å². The number of hydrogen-bond acceptors (Lipinski definition) is 4. The summed E-state index contributed by atoms with van der Waals surface area (Å²) in [5.41, 5.74) is 3.40. The van der Waals surface area contributed by atoms with Crippen LogP contribution in [0.2, 0.25) is 0 Å². The lowest BCUT2D eigenvalue weighted by molar-refractivity contribution is 0.0977. The van der Waals surface area contributed by atoms with Gasteiger partial charge in [0.15, 0.2) is 5.78 Å². The smallest absolute Gasteiger partial charge is 0.170 e. The lowest BCUT2D eigenvalue weighted by Crippen LogP contribution is -2.03. The van der Waals surface area contributed by atoms with E-state index in [-0.39, 0.29) is 29.3 Å². The number of aryl methyl sites for hydroxylation is 3. The molecule has 0 fully saturated rings. The van der Waals surface area contributed by atoms with Crippen molar-refractivity contribution in [3.05, 3.63) is 52.6 Å². The summed E-state index contributed by atoms with van der Waals surface area (Å²) < 4.78 is 4.93. The van der Waals surface area contributed by atoms with Crippen LogP contribution in [0.1, 0.15) is 33.5 Å². The number of ketones is 1. The molecule has 0 unspecified atom stereocenters. The zero-order chi connectivity index (χ0) is 16.3. The number of carbonyl (C=O) groups is 1. The van der Waals surface area contributed by atoms with Crippen LogP contribution in [0.4, 0.5) is 0 Å². The summed E-state index contributed by atoms with van der Waals surface area (Å²) in [7, 11) is 1.43. The molecule has 2 N–H and O–H groups in total. The number of benzene rings is 2. The van der Waals surface area contributed by atoms with E-state index < -0.39 is 0 Å². The van der Waals surface area contributed by atoms with Gasteiger partial charge in [0.25, 0.3) is 0 Å². The normalized spacial score (nSPS) is 10.5. The molecule has 4 nitrogen and oxygen atoms in total. The third-order valence-corrected chi connectivity index (χ3v) is 3.80. The molecule has 0 aromatic heterocycles. The third kappa shape index (κ3) is 3.39. The fraction of sp³-hybridized carbons (Fsp3) is 0.278. The number of phenols is 2. The Morgan fingerprint density at radius 1 is 1.05 bits per heavy atom. The Kier molecular flexibility index (Phi) is 4.71. The van der Waals surface area contributed by atoms with Gasteiger partial charge in [-0.1, -0.05) is 18.2 Å². The zero-order valence-corrected chi connectivity index (χ0v) is 13.0. The predicted octanol–water partition coefficient (Wildman–Crippen LogP) is 3.54. The summed E-state index contributed by atoms with van der Waals surface area (Å²) in [5.74, 6) is -0.513. The highest BCUT2D eigenvalue weighted by atomic mass is 16.5. The number of carbonyl (C=O) groups excluding carboxylic acids is 1. The lowest BCUT2D eigenvalue weighted by atomic mass is 9.99. The average Bonchev–Trinajstić information content (AvgIpc) is 2.47. The van der Waals surface area contributed by atoms with E-state index in [1.807, 2.05) is 26.0 Å². The average molecular weight is 300 g/mol. The summed E-state index contributed by atoms with van der Waals surface area (Å²) in [6.07, 6.45) is 0.779. The van der Waals surface area contributed by atoms with E-state index in [4.69, 9.17) is 4.74 Å². The van der Waals surface area contributed by atoms with Crippen LogP contribution in [0, 0.1) is 13.8 Å². The van der Waals surface area contributed by atoms with E-state index in [1.165, 1.54) is 30.4 Å². The van der Waals surface area contributed by atoms with Gasteiger partial charge in [-0.3, -0.25) is 4.79 Å². The van der Waals surface area contributed by atoms with Crippen LogP contribution in [0.25, 0.3) is 0 Å². The molecule has 0 atom stereocenters. The molecule has 0 saturated heterocycles. The van der Waals surface area contributed by atoms with Crippen molar-refractivity contribution >= 4 is 5.78 Å². The minimum Gasteiger partial charge on any atom is -0.507 e. The van der Waals surface area contributed by atoms with E-state index in [2.05, 4.69) is 6.07 Å². The van der Waals surface area contributed by atoms with Crippen LogP contribution in [0.3, 0.4) is 0 Å². The standard InChI is InChI=1S/C18H20O4/c1-11-4-5-13(8-12(11)2)6-7-15(19)18-16(20)9-14(22-3)10-17(18)21/h4-5,8-10,20-21H,6-7H2,1-3H3. The number of phenolic OH excluding ortho intramolecular Hbond substituents is 2. The number of Topliss-reactive ketones (excluding diaryl/α,β-unsaturated/α-hetero) is 1. The summed E-state index contributed by atoms with van der Waals surface area (Å²) in [4.78, 5) is 12.3. The second-order valence-electron chi connectivity index (χ2n) is 5.38. The van der Waals surface area contributed by atoms with E-state index >= 15 is 0 Å². The van der Waals surface area contributed by atoms with Gasteiger partial charge in [-0.15, -0.1) is 0 Å². The molecule has 0 spiro atoms. The number of aromatic hydroxyl groups is 2. The van der Waals surface area contributed by atoms with Gasteiger partial charge in [-0.05, 0) is 37.0 Å². The Bertz CT molecular complexity index is 681. The lowest BCUT2D eigenvalue weighted by Gasteiger charge is -2.09. The molecule has 22 heavy (non-hydrogen) atoms. The quantitative estimate of drug-likeness (QED) is 0.829. The fourth-order valence-electron chi connectivity index (χ4n) is 2.33. The van der Waals surface area contributed by atoms with Gasteiger partial charge in [0, 0.05) is 18.6 Å². The molecule has 0 aliphatic heterocycles. The highest BCUT2D eigenvalue weighted by Crippen LogP contribution is 2.33. The Hall–Kier alpha value is -2.49. The Morgan fingerprint density at radius 3 is 2.23 bits per heavy atom. The molecular formula is C18H20O4. The first kappa shape index (κ1) is 15.9. The van der Waals surface area contributed by atoms with Gasteiger partial charge in [0.1, 0.15) is 22.8 Å². The van der Waals surface area contributed by atoms with Gasteiger partial charge in [0.2, 0.25) is 0 Å². The van der Waals surface area contributed by atoms with Gasteiger partial charge >= 0.3 is 0 Å². The van der Waals surface area contributed by atoms with Gasteiger partial charge in [0.05, 0.1) is 7.11 Å². The predicted molar refractivity (Wildman–Crippen MR) is 84.9 cm³/mol. The van der Waals surface area contributed by atoms with Crippen molar-refractivity contribution in [2.45, 2.75) is 26.7 Å². The SMILES string of the molecule is COc1cc(O)c(C(=O)CCc2ccc(C)c(C)c2)c(O)c1. The topological polar surface area (TPSA) is 66.8 Å². The Balaban J connectivity index is 2.14. The van der Waals surface area contributed by atoms with Gasteiger partial charge in [-0.2, -0.15) is 0 Å². The first-order valence-electron chi connectivity index (χ1n) is 7.11. The Morgan fingerprint density at radius 2 is 1.68 bits per heavy atom. The molecule has 0 saturated carbocycles. The maximum atomic E-state index is 12.3. The molecule has 2 aromatic rings. The van der Waals surface area contributed by atoms with Crippen molar-refractivity contribution in [1.29, 1.82) is 0 Å². The number of hydrogen-bond donors (Lipinski definition) is 2. The van der Waals surface area contributed by atoms with Crippen LogP contribution in [0.5, 0.6) is 17.2 Å². The molecule has 0 radical (unpaired) electrons. The van der Waals surface area contributed by atoms with Gasteiger partial charge in [-0.25, -0.2) is 0 Å². The van der Waals surface area contributed by atoms with Crippen molar-refractivity contribution in [3.8, 4) is 17.2 Å². The van der Waals surface area contributed by atoms with Crippen LogP contribution in [-0.2, 0) is 6.42 Å². The summed E-state index contributed by atoms with van der Waals surface area (Å²) in [6, 6.07) is 8.71. The van der Waals surface area contributed by atoms with E-state index in [1.54, 1.807) is 0 Å². The number of ether oxygens (including phenoxy) is 1. The van der Waals surface area contributed by atoms with Crippen LogP contribution in [-0.4, -0.2) is 23.1 Å². The highest BCUT2D eigenvalue weighted by Gasteiger charge is 2.18. The monoisotopic (exact) mass is 300 g/mol. The third-order valence-electron chi connectivity index (χ3n) is 3.80. The molecule has 0 bridgehead atoms. The van der Waals surface area contributed by atoms with E-state index in [0.29, 0.717) is 12.2 Å².